The first-order valence-corrected chi connectivity index (χ1v) is 11.4. The Kier molecular flexibility index (Phi) is 8.52. The van der Waals surface area contributed by atoms with Crippen molar-refractivity contribution in [3.8, 4) is 5.75 Å². The van der Waals surface area contributed by atoms with Crippen molar-refractivity contribution in [2.45, 2.75) is 45.5 Å². The van der Waals surface area contributed by atoms with Crippen LogP contribution in [-0.2, 0) is 4.79 Å². The summed E-state index contributed by atoms with van der Waals surface area (Å²) in [5.74, 6) is -2.06. The molecule has 0 bridgehead atoms. The molecule has 7 nitrogen and oxygen atoms in total. The first-order chi connectivity index (χ1) is 16.9. The molecule has 1 fully saturated rings. The van der Waals surface area contributed by atoms with Gasteiger partial charge in [-0.05, 0) is 63.1 Å². The maximum atomic E-state index is 12.7. The van der Waals surface area contributed by atoms with Gasteiger partial charge in [0.2, 0.25) is 0 Å². The lowest BCUT2D eigenvalue weighted by molar-refractivity contribution is -0.192. The number of anilines is 1. The van der Waals surface area contributed by atoms with Crippen molar-refractivity contribution in [2.24, 2.45) is 0 Å². The van der Waals surface area contributed by atoms with E-state index in [1.807, 2.05) is 49.4 Å². The maximum absolute atomic E-state index is 12.7. The number of ether oxygens (including phenoxy) is 1. The van der Waals surface area contributed by atoms with Crippen molar-refractivity contribution in [2.75, 3.05) is 18.4 Å². The van der Waals surface area contributed by atoms with Crippen LogP contribution in [0.15, 0.2) is 54.7 Å². The zero-order chi connectivity index (χ0) is 26.5. The van der Waals surface area contributed by atoms with Crippen LogP contribution in [-0.4, -0.2) is 58.3 Å². The normalized spacial score (nSPS) is 15.9. The topological polar surface area (TPSA) is 91.8 Å². The number of benzene rings is 2. The van der Waals surface area contributed by atoms with Crippen LogP contribution in [0.3, 0.4) is 0 Å². The summed E-state index contributed by atoms with van der Waals surface area (Å²) in [6.45, 7) is 8.47. The Hall–Kier alpha value is -3.66. The molecule has 2 heterocycles. The number of carboxylic acids is 1. The number of fused-ring (bicyclic) bond motifs is 1. The molecule has 4 rings (SSSR count). The minimum absolute atomic E-state index is 0.141. The fourth-order valence-corrected chi connectivity index (χ4v) is 3.72. The summed E-state index contributed by atoms with van der Waals surface area (Å²) < 4.78 is 38.0. The van der Waals surface area contributed by atoms with Gasteiger partial charge in [-0.3, -0.25) is 14.7 Å². The molecule has 1 aromatic heterocycles. The van der Waals surface area contributed by atoms with Crippen molar-refractivity contribution in [3.63, 3.8) is 0 Å². The van der Waals surface area contributed by atoms with Crippen molar-refractivity contribution in [1.29, 1.82) is 0 Å². The largest absolute Gasteiger partial charge is 0.490 e. The molecule has 0 saturated carbocycles. The van der Waals surface area contributed by atoms with E-state index >= 15 is 0 Å². The molecular formula is C26H28F3N3O4. The van der Waals surface area contributed by atoms with Gasteiger partial charge >= 0.3 is 12.1 Å². The number of pyridine rings is 1. The Balaban J connectivity index is 0.000000454. The molecule has 3 aromatic rings. The van der Waals surface area contributed by atoms with Crippen LogP contribution >= 0.6 is 0 Å². The molecule has 2 aromatic carbocycles. The number of likely N-dealkylation sites (tertiary alicyclic amines) is 1. The van der Waals surface area contributed by atoms with Crippen LogP contribution in [0, 0.1) is 6.92 Å². The zero-order valence-electron chi connectivity index (χ0n) is 20.2. The lowest BCUT2D eigenvalue weighted by Crippen LogP contribution is -2.30. The van der Waals surface area contributed by atoms with E-state index < -0.39 is 12.1 Å². The van der Waals surface area contributed by atoms with Gasteiger partial charge < -0.3 is 15.2 Å². The summed E-state index contributed by atoms with van der Waals surface area (Å²) in [6, 6.07) is 15.7. The zero-order valence-corrected chi connectivity index (χ0v) is 20.2. The van der Waals surface area contributed by atoms with Gasteiger partial charge in [-0.15, -0.1) is 0 Å². The van der Waals surface area contributed by atoms with Gasteiger partial charge in [-0.2, -0.15) is 13.2 Å². The molecule has 2 N–H and O–H groups in total. The smallest absolute Gasteiger partial charge is 0.489 e. The lowest BCUT2D eigenvalue weighted by Gasteiger charge is -2.21. The fraction of sp³-hybridized carbons (Fsp3) is 0.346. The summed E-state index contributed by atoms with van der Waals surface area (Å²) >= 11 is 0. The molecule has 10 heteroatoms. The molecule has 1 unspecified atom stereocenters. The van der Waals surface area contributed by atoms with Crippen molar-refractivity contribution < 1.29 is 32.6 Å². The Morgan fingerprint density at radius 2 is 1.89 bits per heavy atom. The number of hydrogen-bond acceptors (Lipinski definition) is 5. The van der Waals surface area contributed by atoms with Gasteiger partial charge in [0.1, 0.15) is 11.9 Å². The second-order valence-electron chi connectivity index (χ2n) is 8.77. The number of aryl methyl sites for hydroxylation is 1. The number of nitrogens with one attached hydrogen (secondary N) is 1. The first-order valence-electron chi connectivity index (χ1n) is 11.4. The van der Waals surface area contributed by atoms with Crippen LogP contribution in [0.25, 0.3) is 10.9 Å². The maximum Gasteiger partial charge on any atom is 0.490 e. The number of hydrogen-bond donors (Lipinski definition) is 2. The van der Waals surface area contributed by atoms with Gasteiger partial charge in [0.15, 0.2) is 0 Å². The number of carbonyl (C=O) groups is 2. The van der Waals surface area contributed by atoms with E-state index in [1.165, 1.54) is 0 Å². The molecule has 1 aliphatic heterocycles. The van der Waals surface area contributed by atoms with E-state index in [1.54, 1.807) is 12.3 Å². The summed E-state index contributed by atoms with van der Waals surface area (Å²) in [5, 5.41) is 11.1. The summed E-state index contributed by atoms with van der Waals surface area (Å²) in [4.78, 5) is 28.4. The minimum atomic E-state index is -5.08. The fourth-order valence-electron chi connectivity index (χ4n) is 3.72. The van der Waals surface area contributed by atoms with Gasteiger partial charge in [0.05, 0.1) is 5.52 Å². The Morgan fingerprint density at radius 1 is 1.17 bits per heavy atom. The van der Waals surface area contributed by atoms with E-state index in [0.717, 1.165) is 47.4 Å². The summed E-state index contributed by atoms with van der Waals surface area (Å²) in [7, 11) is 0. The van der Waals surface area contributed by atoms with Gasteiger partial charge in [-0.1, -0.05) is 12.1 Å². The summed E-state index contributed by atoms with van der Waals surface area (Å²) in [6.07, 6.45) is -2.12. The third-order valence-electron chi connectivity index (χ3n) is 5.75. The highest BCUT2D eigenvalue weighted by Gasteiger charge is 2.38. The van der Waals surface area contributed by atoms with Gasteiger partial charge in [0, 0.05) is 48.0 Å². The summed E-state index contributed by atoms with van der Waals surface area (Å²) in [5.41, 5.74) is 3.29. The molecular weight excluding hydrogens is 475 g/mol. The monoisotopic (exact) mass is 503 g/mol. The number of rotatable bonds is 5. The minimum Gasteiger partial charge on any atom is -0.489 e. The first kappa shape index (κ1) is 26.9. The standard InChI is InChI=1S/C24H27N3O2.C2HF3O2/c1-16(2)27-12-10-21(15-27)29-23-14-20(8-6-17(23)3)26-24(28)19-7-9-22-18(13-19)5-4-11-25-22;3-2(4,5)1(6)7/h4-9,11,13-14,16,21H,10,12,15H2,1-3H3,(H,26,28);(H,6,7). The van der Waals surface area contributed by atoms with Crippen LogP contribution in [0.5, 0.6) is 5.75 Å². The van der Waals surface area contributed by atoms with Crippen LogP contribution in [0.1, 0.15) is 36.2 Å². The van der Waals surface area contributed by atoms with Crippen LogP contribution in [0.2, 0.25) is 0 Å². The Labute approximate surface area is 206 Å². The molecule has 1 amide bonds. The molecule has 1 atom stereocenters. The molecule has 36 heavy (non-hydrogen) atoms. The van der Waals surface area contributed by atoms with Crippen LogP contribution < -0.4 is 10.1 Å². The predicted octanol–water partition coefficient (Wildman–Crippen LogP) is 5.29. The third kappa shape index (κ3) is 7.17. The number of aliphatic carboxylic acids is 1. The quantitative estimate of drug-likeness (QED) is 0.492. The van der Waals surface area contributed by atoms with E-state index in [4.69, 9.17) is 14.6 Å². The number of amides is 1. The van der Waals surface area contributed by atoms with Crippen molar-refractivity contribution >= 4 is 28.5 Å². The number of carbonyl (C=O) groups excluding carboxylic acids is 1. The number of alkyl halides is 3. The highest BCUT2D eigenvalue weighted by atomic mass is 19.4. The number of nitrogens with zero attached hydrogens (tertiary/aromatic N) is 2. The van der Waals surface area contributed by atoms with Gasteiger partial charge in [0.25, 0.3) is 5.91 Å². The van der Waals surface area contributed by atoms with Crippen molar-refractivity contribution in [1.82, 2.24) is 9.88 Å². The number of aromatic nitrogens is 1. The Bertz CT molecular complexity index is 1230. The van der Waals surface area contributed by atoms with E-state index in [2.05, 4.69) is 29.0 Å². The molecule has 0 aliphatic carbocycles. The average molecular weight is 504 g/mol. The SMILES string of the molecule is Cc1ccc(NC(=O)c2ccc3ncccc3c2)cc1OC1CCN(C(C)C)C1.O=C(O)C(F)(F)F. The van der Waals surface area contributed by atoms with Crippen molar-refractivity contribution in [3.05, 3.63) is 65.9 Å². The number of halogens is 3. The second kappa shape index (κ2) is 11.4. The van der Waals surface area contributed by atoms with Crippen LogP contribution in [0.4, 0.5) is 18.9 Å². The third-order valence-corrected chi connectivity index (χ3v) is 5.75. The highest BCUT2D eigenvalue weighted by molar-refractivity contribution is 6.06. The second-order valence-corrected chi connectivity index (χ2v) is 8.77. The van der Waals surface area contributed by atoms with Gasteiger partial charge in [-0.25, -0.2) is 4.79 Å². The molecule has 192 valence electrons. The van der Waals surface area contributed by atoms with E-state index in [9.17, 15) is 18.0 Å². The molecule has 1 aliphatic rings. The molecule has 1 saturated heterocycles. The highest BCUT2D eigenvalue weighted by Crippen LogP contribution is 2.27. The average Bonchev–Trinajstić information content (AvgIpc) is 3.29. The lowest BCUT2D eigenvalue weighted by atomic mass is 10.1. The number of carboxylic acid groups (broad SMARTS) is 1. The Morgan fingerprint density at radius 3 is 2.53 bits per heavy atom. The predicted molar refractivity (Wildman–Crippen MR) is 130 cm³/mol. The molecule has 0 spiro atoms. The van der Waals surface area contributed by atoms with E-state index in [-0.39, 0.29) is 12.0 Å². The van der Waals surface area contributed by atoms with E-state index in [0.29, 0.717) is 11.6 Å². The molecule has 0 radical (unpaired) electrons.